The minimum absolute atomic E-state index is 0.0927. The van der Waals surface area contributed by atoms with Crippen LogP contribution >= 0.6 is 0 Å². The maximum absolute atomic E-state index is 13.8. The number of hydrogen-bond acceptors (Lipinski definition) is 7. The number of pyridine rings is 1. The molecule has 0 amide bonds. The number of alkyl halides is 3. The highest BCUT2D eigenvalue weighted by atomic mass is 19.4. The van der Waals surface area contributed by atoms with Gasteiger partial charge in [0.05, 0.1) is 30.1 Å². The van der Waals surface area contributed by atoms with Crippen LogP contribution in [-0.4, -0.2) is 51.7 Å². The first-order valence-corrected chi connectivity index (χ1v) is 12.4. The molecule has 204 valence electrons. The van der Waals surface area contributed by atoms with Gasteiger partial charge in [0.2, 0.25) is 0 Å². The molecule has 1 N–H and O–H groups in total. The van der Waals surface area contributed by atoms with Crippen molar-refractivity contribution in [3.63, 3.8) is 0 Å². The van der Waals surface area contributed by atoms with E-state index in [2.05, 4.69) is 30.2 Å². The summed E-state index contributed by atoms with van der Waals surface area (Å²) in [5.74, 6) is 1.63. The Labute approximate surface area is 222 Å². The molecule has 0 saturated carbocycles. The minimum Gasteiger partial charge on any atom is -0.495 e. The molecule has 12 heteroatoms. The second-order valence-corrected chi connectivity index (χ2v) is 9.33. The van der Waals surface area contributed by atoms with Crippen LogP contribution in [-0.2, 0) is 13.2 Å². The smallest absolute Gasteiger partial charge is 0.419 e. The van der Waals surface area contributed by atoms with Gasteiger partial charge in [-0.2, -0.15) is 13.2 Å². The molecule has 4 heterocycles. The van der Waals surface area contributed by atoms with Crippen LogP contribution in [0.3, 0.4) is 0 Å². The van der Waals surface area contributed by atoms with Gasteiger partial charge in [-0.3, -0.25) is 4.98 Å². The Balaban J connectivity index is 1.38. The average molecular weight is 542 g/mol. The first-order chi connectivity index (χ1) is 18.7. The van der Waals surface area contributed by atoms with Gasteiger partial charge in [0.1, 0.15) is 35.4 Å². The van der Waals surface area contributed by atoms with Gasteiger partial charge in [0.15, 0.2) is 0 Å². The van der Waals surface area contributed by atoms with Crippen molar-refractivity contribution in [3.05, 3.63) is 66.4 Å². The lowest BCUT2D eigenvalue weighted by atomic mass is 9.95. The van der Waals surface area contributed by atoms with Gasteiger partial charge in [-0.25, -0.2) is 19.3 Å². The topological polar surface area (TPSA) is 81.0 Å². The summed E-state index contributed by atoms with van der Waals surface area (Å²) in [5, 5.41) is 3.13. The molecule has 4 aromatic rings. The van der Waals surface area contributed by atoms with Gasteiger partial charge in [-0.05, 0) is 37.1 Å². The van der Waals surface area contributed by atoms with Gasteiger partial charge in [0, 0.05) is 56.6 Å². The summed E-state index contributed by atoms with van der Waals surface area (Å²) in [6.45, 7) is 1.37. The van der Waals surface area contributed by atoms with Crippen LogP contribution in [0, 0.1) is 5.82 Å². The van der Waals surface area contributed by atoms with Crippen molar-refractivity contribution in [1.29, 1.82) is 0 Å². The molecule has 0 aliphatic carbocycles. The number of ether oxygens (including phenoxy) is 1. The molecule has 0 radical (unpaired) electrons. The van der Waals surface area contributed by atoms with E-state index >= 15 is 0 Å². The number of methoxy groups -OCH3 is 1. The number of hydrogen-bond donors (Lipinski definition) is 1. The minimum atomic E-state index is -4.78. The number of nitrogens with zero attached hydrogens (tertiary/aromatic N) is 6. The van der Waals surface area contributed by atoms with Crippen molar-refractivity contribution in [2.75, 3.05) is 37.5 Å². The first-order valence-electron chi connectivity index (χ1n) is 12.4. The fourth-order valence-corrected chi connectivity index (χ4v) is 4.99. The fourth-order valence-electron chi connectivity index (χ4n) is 4.99. The first kappa shape index (κ1) is 26.4. The zero-order valence-corrected chi connectivity index (χ0v) is 21.6. The van der Waals surface area contributed by atoms with Crippen molar-refractivity contribution >= 4 is 11.6 Å². The second-order valence-electron chi connectivity index (χ2n) is 9.33. The lowest BCUT2D eigenvalue weighted by Crippen LogP contribution is -2.34. The normalized spacial score (nSPS) is 14.5. The standard InChI is InChI=1S/C27H27F4N7O/c1-32-24-23(18-10-19(39-3)13-33-12-18)26(35-15-34-24)38-8-6-16(7-9-38)25-36-22(14-37(25)2)17-4-5-21(28)20(11-17)27(29,30)31/h4-5,10-16H,6-9H2,1-3H3,(H,32,34,35). The highest BCUT2D eigenvalue weighted by molar-refractivity contribution is 5.85. The molecule has 39 heavy (non-hydrogen) atoms. The van der Waals surface area contributed by atoms with E-state index in [0.717, 1.165) is 47.7 Å². The molecule has 0 unspecified atom stereocenters. The SMILES string of the molecule is CNc1ncnc(N2CCC(c3nc(-c4ccc(F)c(C(F)(F)F)c4)cn3C)CC2)c1-c1cncc(OC)c1. The molecule has 3 aromatic heterocycles. The summed E-state index contributed by atoms with van der Waals surface area (Å²) in [6, 6.07) is 4.86. The molecule has 5 rings (SSSR count). The third kappa shape index (κ3) is 5.23. The molecule has 1 aliphatic rings. The number of rotatable bonds is 6. The van der Waals surface area contributed by atoms with Crippen LogP contribution in [0.1, 0.15) is 30.1 Å². The third-order valence-electron chi connectivity index (χ3n) is 6.94. The van der Waals surface area contributed by atoms with Crippen molar-refractivity contribution in [2.24, 2.45) is 7.05 Å². The summed E-state index contributed by atoms with van der Waals surface area (Å²) in [6.07, 6.45) is 3.33. The van der Waals surface area contributed by atoms with E-state index < -0.39 is 17.6 Å². The summed E-state index contributed by atoms with van der Waals surface area (Å²) in [5.41, 5.74) is 0.944. The van der Waals surface area contributed by atoms with E-state index in [1.54, 1.807) is 32.7 Å². The molecule has 8 nitrogen and oxygen atoms in total. The van der Waals surface area contributed by atoms with Crippen LogP contribution < -0.4 is 15.0 Å². The molecule has 1 fully saturated rings. The Hall–Kier alpha value is -4.22. The van der Waals surface area contributed by atoms with Crippen LogP contribution in [0.4, 0.5) is 29.2 Å². The van der Waals surface area contributed by atoms with Gasteiger partial charge < -0.3 is 19.5 Å². The Morgan fingerprint density at radius 2 is 1.82 bits per heavy atom. The molecule has 0 spiro atoms. The molecule has 1 aromatic carbocycles. The number of aromatic nitrogens is 5. The third-order valence-corrected chi connectivity index (χ3v) is 6.94. The molecule has 1 saturated heterocycles. The monoisotopic (exact) mass is 541 g/mol. The lowest BCUT2D eigenvalue weighted by molar-refractivity contribution is -0.139. The number of anilines is 2. The maximum Gasteiger partial charge on any atom is 0.419 e. The van der Waals surface area contributed by atoms with Gasteiger partial charge in [-0.1, -0.05) is 0 Å². The fraction of sp³-hybridized carbons (Fsp3) is 0.333. The summed E-state index contributed by atoms with van der Waals surface area (Å²) < 4.78 is 60.6. The van der Waals surface area contributed by atoms with Crippen LogP contribution in [0.2, 0.25) is 0 Å². The van der Waals surface area contributed by atoms with Crippen LogP contribution in [0.25, 0.3) is 22.4 Å². The number of nitrogens with one attached hydrogen (secondary N) is 1. The predicted octanol–water partition coefficient (Wildman–Crippen LogP) is 5.53. The van der Waals surface area contributed by atoms with Gasteiger partial charge in [0.25, 0.3) is 0 Å². The Kier molecular flexibility index (Phi) is 7.11. The van der Waals surface area contributed by atoms with E-state index in [4.69, 9.17) is 4.74 Å². The Morgan fingerprint density at radius 1 is 1.05 bits per heavy atom. The van der Waals surface area contributed by atoms with Crippen LogP contribution in [0.15, 0.2) is 49.2 Å². The maximum atomic E-state index is 13.8. The van der Waals surface area contributed by atoms with E-state index in [-0.39, 0.29) is 11.5 Å². The van der Waals surface area contributed by atoms with Crippen molar-refractivity contribution in [1.82, 2.24) is 24.5 Å². The zero-order valence-electron chi connectivity index (χ0n) is 21.6. The Bertz CT molecular complexity index is 1480. The molecule has 1 aliphatic heterocycles. The number of halogens is 4. The quantitative estimate of drug-likeness (QED) is 0.322. The lowest BCUT2D eigenvalue weighted by Gasteiger charge is -2.33. The van der Waals surface area contributed by atoms with E-state index in [1.165, 1.54) is 12.4 Å². The molecule has 0 bridgehead atoms. The van der Waals surface area contributed by atoms with Crippen molar-refractivity contribution < 1.29 is 22.3 Å². The van der Waals surface area contributed by atoms with Crippen LogP contribution in [0.5, 0.6) is 5.75 Å². The van der Waals surface area contributed by atoms with Gasteiger partial charge >= 0.3 is 6.18 Å². The van der Waals surface area contributed by atoms with Crippen molar-refractivity contribution in [3.8, 4) is 28.1 Å². The summed E-state index contributed by atoms with van der Waals surface area (Å²) >= 11 is 0. The van der Waals surface area contributed by atoms with E-state index in [0.29, 0.717) is 30.4 Å². The summed E-state index contributed by atoms with van der Waals surface area (Å²) in [7, 11) is 5.21. The Morgan fingerprint density at radius 3 is 2.51 bits per heavy atom. The molecule has 0 atom stereocenters. The molecular formula is C27H27F4N7O. The number of imidazole rings is 1. The highest BCUT2D eigenvalue weighted by Crippen LogP contribution is 2.39. The zero-order chi connectivity index (χ0) is 27.7. The van der Waals surface area contributed by atoms with Crippen molar-refractivity contribution in [2.45, 2.75) is 24.9 Å². The largest absolute Gasteiger partial charge is 0.495 e. The number of piperidine rings is 1. The van der Waals surface area contributed by atoms with E-state index in [9.17, 15) is 17.6 Å². The van der Waals surface area contributed by atoms with Gasteiger partial charge in [-0.15, -0.1) is 0 Å². The summed E-state index contributed by atoms with van der Waals surface area (Å²) in [4.78, 5) is 20.1. The number of aryl methyl sites for hydroxylation is 1. The highest BCUT2D eigenvalue weighted by Gasteiger charge is 2.35. The second kappa shape index (κ2) is 10.5. The number of benzene rings is 1. The predicted molar refractivity (Wildman–Crippen MR) is 139 cm³/mol. The average Bonchev–Trinajstić information content (AvgIpc) is 3.33. The van der Waals surface area contributed by atoms with E-state index in [1.807, 2.05) is 17.7 Å². The molecular weight excluding hydrogens is 514 g/mol.